The molecule has 0 saturated carbocycles. The zero-order valence-corrected chi connectivity index (χ0v) is 29.3. The van der Waals surface area contributed by atoms with E-state index in [-0.39, 0.29) is 31.5 Å². The van der Waals surface area contributed by atoms with Gasteiger partial charge in [0, 0.05) is 13.0 Å². The van der Waals surface area contributed by atoms with Crippen molar-refractivity contribution >= 4 is 29.8 Å². The van der Waals surface area contributed by atoms with Gasteiger partial charge >= 0.3 is 18.0 Å². The Labute approximate surface area is 288 Å². The van der Waals surface area contributed by atoms with Gasteiger partial charge in [-0.3, -0.25) is 14.9 Å². The van der Waals surface area contributed by atoms with Crippen molar-refractivity contribution in [3.05, 3.63) is 71.8 Å². The number of alkyl carbamates (subject to hydrolysis) is 1. The summed E-state index contributed by atoms with van der Waals surface area (Å²) in [7, 11) is 0. The van der Waals surface area contributed by atoms with E-state index in [4.69, 9.17) is 14.2 Å². The molecule has 2 aliphatic rings. The SMILES string of the molecule is CCOC(=O)[C@H]1[C@H](N[C@@H](CC(C)C)C(=O)N2CCC[C@H]2C(=O)OCc2ccccc2)N1C(=O)[C@H](Cc1ccccc1)NC(=O)OC(C)(C)C. The first-order chi connectivity index (χ1) is 23.3. The van der Waals surface area contributed by atoms with Gasteiger partial charge in [-0.15, -0.1) is 0 Å². The maximum absolute atomic E-state index is 14.2. The summed E-state index contributed by atoms with van der Waals surface area (Å²) in [6.45, 7) is 11.4. The second-order valence-electron chi connectivity index (χ2n) is 13.9. The van der Waals surface area contributed by atoms with Gasteiger partial charge in [0.15, 0.2) is 6.04 Å². The average molecular weight is 679 g/mol. The summed E-state index contributed by atoms with van der Waals surface area (Å²) in [5.41, 5.74) is 0.845. The smallest absolute Gasteiger partial charge is 0.408 e. The van der Waals surface area contributed by atoms with E-state index in [0.717, 1.165) is 11.1 Å². The summed E-state index contributed by atoms with van der Waals surface area (Å²) in [5, 5.41) is 5.96. The van der Waals surface area contributed by atoms with Crippen LogP contribution >= 0.6 is 0 Å². The molecule has 2 aromatic carbocycles. The van der Waals surface area contributed by atoms with Crippen molar-refractivity contribution < 1.29 is 38.2 Å². The minimum Gasteiger partial charge on any atom is -0.464 e. The number of benzene rings is 2. The molecule has 0 aliphatic carbocycles. The van der Waals surface area contributed by atoms with Crippen molar-refractivity contribution in [3.63, 3.8) is 0 Å². The van der Waals surface area contributed by atoms with Crippen LogP contribution in [-0.2, 0) is 46.4 Å². The molecule has 0 bridgehead atoms. The van der Waals surface area contributed by atoms with Crippen molar-refractivity contribution in [3.8, 4) is 0 Å². The minimum atomic E-state index is -1.07. The third kappa shape index (κ3) is 10.5. The maximum Gasteiger partial charge on any atom is 0.408 e. The van der Waals surface area contributed by atoms with E-state index in [9.17, 15) is 24.0 Å². The highest BCUT2D eigenvalue weighted by molar-refractivity contribution is 5.95. The number of nitrogens with one attached hydrogen (secondary N) is 2. The van der Waals surface area contributed by atoms with Gasteiger partial charge in [0.2, 0.25) is 11.8 Å². The zero-order valence-electron chi connectivity index (χ0n) is 29.3. The van der Waals surface area contributed by atoms with E-state index in [1.807, 2.05) is 74.5 Å². The Kier molecular flexibility index (Phi) is 12.8. The number of rotatable bonds is 14. The van der Waals surface area contributed by atoms with E-state index in [2.05, 4.69) is 10.6 Å². The van der Waals surface area contributed by atoms with E-state index in [1.165, 1.54) is 4.90 Å². The first kappa shape index (κ1) is 37.4. The number of ether oxygens (including phenoxy) is 3. The van der Waals surface area contributed by atoms with Gasteiger partial charge in [-0.25, -0.2) is 14.4 Å². The minimum absolute atomic E-state index is 0.0659. The fraction of sp³-hybridized carbons (Fsp3) is 0.541. The first-order valence-corrected chi connectivity index (χ1v) is 17.1. The van der Waals surface area contributed by atoms with E-state index >= 15 is 0 Å². The number of esters is 2. The molecule has 2 N–H and O–H groups in total. The molecular formula is C37H50N4O8. The van der Waals surface area contributed by atoms with Gasteiger partial charge in [-0.1, -0.05) is 74.5 Å². The Morgan fingerprint density at radius 1 is 0.857 bits per heavy atom. The predicted molar refractivity (Wildman–Crippen MR) is 182 cm³/mol. The third-order valence-electron chi connectivity index (χ3n) is 8.27. The zero-order chi connectivity index (χ0) is 35.7. The molecule has 4 rings (SSSR count). The fourth-order valence-electron chi connectivity index (χ4n) is 6.04. The number of hydrogen-bond acceptors (Lipinski definition) is 9. The molecule has 0 unspecified atom stereocenters. The van der Waals surface area contributed by atoms with Gasteiger partial charge < -0.3 is 29.3 Å². The van der Waals surface area contributed by atoms with Crippen LogP contribution in [0.4, 0.5) is 4.79 Å². The summed E-state index contributed by atoms with van der Waals surface area (Å²) >= 11 is 0. The largest absolute Gasteiger partial charge is 0.464 e. The molecule has 2 aliphatic heterocycles. The standard InChI is InChI=1S/C37H50N4O8/c1-7-47-35(45)30-31(41(30)33(43)28(22-25-15-10-8-11-16-25)39-36(46)49-37(4,5)6)38-27(21-24(2)3)32(42)40-20-14-19-29(40)34(44)48-23-26-17-12-9-13-18-26/h8-13,15-18,24,27-31,38H,7,14,19-23H2,1-6H3,(H,39,46)/t27-,28-,29-,30+,31+,41?/m0/s1. The second kappa shape index (κ2) is 16.8. The summed E-state index contributed by atoms with van der Waals surface area (Å²) < 4.78 is 16.4. The molecular weight excluding hydrogens is 628 g/mol. The van der Waals surface area contributed by atoms with Crippen LogP contribution in [0.1, 0.15) is 71.9 Å². The first-order valence-electron chi connectivity index (χ1n) is 17.1. The molecule has 49 heavy (non-hydrogen) atoms. The number of likely N-dealkylation sites (tertiary alicyclic amines) is 1. The van der Waals surface area contributed by atoms with Crippen LogP contribution in [0.2, 0.25) is 0 Å². The van der Waals surface area contributed by atoms with Crippen molar-refractivity contribution in [2.75, 3.05) is 13.2 Å². The second-order valence-corrected chi connectivity index (χ2v) is 13.9. The molecule has 2 saturated heterocycles. The van der Waals surface area contributed by atoms with Crippen molar-refractivity contribution in [1.29, 1.82) is 0 Å². The van der Waals surface area contributed by atoms with E-state index in [0.29, 0.717) is 25.8 Å². The Balaban J connectivity index is 1.54. The fourth-order valence-corrected chi connectivity index (χ4v) is 6.04. The summed E-state index contributed by atoms with van der Waals surface area (Å²) in [6.07, 6.45) is 0.00945. The van der Waals surface area contributed by atoms with Crippen LogP contribution in [-0.4, -0.2) is 88.7 Å². The van der Waals surface area contributed by atoms with Gasteiger partial charge in [0.05, 0.1) is 12.6 Å². The van der Waals surface area contributed by atoms with Crippen molar-refractivity contribution in [2.24, 2.45) is 5.92 Å². The number of amides is 3. The average Bonchev–Trinajstić information content (AvgIpc) is 3.53. The summed E-state index contributed by atoms with van der Waals surface area (Å²) in [5.74, 6) is -1.85. The highest BCUT2D eigenvalue weighted by atomic mass is 16.6. The number of carbonyl (C=O) groups is 5. The lowest BCUT2D eigenvalue weighted by Gasteiger charge is -2.29. The predicted octanol–water partition coefficient (Wildman–Crippen LogP) is 3.96. The molecule has 12 heteroatoms. The Bertz CT molecular complexity index is 1450. The molecule has 5 atom stereocenters. The number of carbonyl (C=O) groups excluding carboxylic acids is 5. The van der Waals surface area contributed by atoms with Crippen LogP contribution in [0.3, 0.4) is 0 Å². The third-order valence-corrected chi connectivity index (χ3v) is 8.27. The Hall–Kier alpha value is -4.45. The normalized spacial score (nSPS) is 19.9. The molecule has 2 fully saturated rings. The van der Waals surface area contributed by atoms with Crippen molar-refractivity contribution in [1.82, 2.24) is 20.4 Å². The number of hydrogen-bond donors (Lipinski definition) is 2. The highest BCUT2D eigenvalue weighted by Gasteiger charge is 2.59. The monoisotopic (exact) mass is 678 g/mol. The maximum atomic E-state index is 14.2. The lowest BCUT2D eigenvalue weighted by molar-refractivity contribution is -0.155. The van der Waals surface area contributed by atoms with Gasteiger partial charge in [0.1, 0.15) is 30.5 Å². The summed E-state index contributed by atoms with van der Waals surface area (Å²) in [6, 6.07) is 14.9. The molecule has 3 amide bonds. The van der Waals surface area contributed by atoms with Crippen LogP contribution in [0.5, 0.6) is 0 Å². The number of nitrogens with zero attached hydrogens (tertiary/aromatic N) is 2. The topological polar surface area (TPSA) is 143 Å². The summed E-state index contributed by atoms with van der Waals surface area (Å²) in [4.78, 5) is 70.3. The van der Waals surface area contributed by atoms with Crippen LogP contribution in [0.25, 0.3) is 0 Å². The molecule has 266 valence electrons. The molecule has 0 aromatic heterocycles. The van der Waals surface area contributed by atoms with Crippen LogP contribution in [0.15, 0.2) is 60.7 Å². The Morgan fingerprint density at radius 3 is 2.08 bits per heavy atom. The molecule has 2 aromatic rings. The van der Waals surface area contributed by atoms with Crippen LogP contribution in [0, 0.1) is 5.92 Å². The quantitative estimate of drug-likeness (QED) is 0.172. The lowest BCUT2D eigenvalue weighted by atomic mass is 10.0. The lowest BCUT2D eigenvalue weighted by Crippen LogP contribution is -2.53. The highest BCUT2D eigenvalue weighted by Crippen LogP contribution is 2.31. The van der Waals surface area contributed by atoms with Gasteiger partial charge in [-0.05, 0) is 64.0 Å². The van der Waals surface area contributed by atoms with E-state index in [1.54, 1.807) is 32.6 Å². The molecule has 0 spiro atoms. The van der Waals surface area contributed by atoms with Gasteiger partial charge in [-0.2, -0.15) is 0 Å². The van der Waals surface area contributed by atoms with Crippen LogP contribution < -0.4 is 10.6 Å². The van der Waals surface area contributed by atoms with E-state index < -0.39 is 59.9 Å². The Morgan fingerprint density at radius 2 is 1.49 bits per heavy atom. The molecule has 2 heterocycles. The van der Waals surface area contributed by atoms with Gasteiger partial charge in [0.25, 0.3) is 0 Å². The molecule has 12 nitrogen and oxygen atoms in total. The molecule has 0 radical (unpaired) electrons. The van der Waals surface area contributed by atoms with Crippen molar-refractivity contribution in [2.45, 2.75) is 110 Å².